The van der Waals surface area contributed by atoms with Crippen LogP contribution in [0.25, 0.3) is 0 Å². The lowest BCUT2D eigenvalue weighted by Crippen LogP contribution is -2.23. The van der Waals surface area contributed by atoms with Crippen LogP contribution in [0.5, 0.6) is 0 Å². The lowest BCUT2D eigenvalue weighted by atomic mass is 10.1. The molecular weight excluding hydrogens is 330 g/mol. The van der Waals surface area contributed by atoms with Crippen LogP contribution in [0.3, 0.4) is 0 Å². The summed E-state index contributed by atoms with van der Waals surface area (Å²) in [6, 6.07) is 7.58. The highest BCUT2D eigenvalue weighted by molar-refractivity contribution is 9.10. The van der Waals surface area contributed by atoms with Gasteiger partial charge in [-0.3, -0.25) is 9.48 Å². The average molecular weight is 348 g/mol. The van der Waals surface area contributed by atoms with Crippen molar-refractivity contribution in [1.82, 2.24) is 15.1 Å². The molecule has 21 heavy (non-hydrogen) atoms. The largest absolute Gasteiger partial charge is 0.349 e. The first-order chi connectivity index (χ1) is 10.0. The Morgan fingerprint density at radius 1 is 1.48 bits per heavy atom. The van der Waals surface area contributed by atoms with Crippen LogP contribution in [0, 0.1) is 13.8 Å². The number of hydrogen-bond acceptors (Lipinski definition) is 2. The summed E-state index contributed by atoms with van der Waals surface area (Å²) in [6.45, 7) is 8.68. The van der Waals surface area contributed by atoms with Gasteiger partial charge in [0, 0.05) is 12.1 Å². The van der Waals surface area contributed by atoms with Crippen LogP contribution in [-0.2, 0) is 6.54 Å². The lowest BCUT2D eigenvalue weighted by Gasteiger charge is -2.07. The van der Waals surface area contributed by atoms with Crippen molar-refractivity contribution < 1.29 is 4.79 Å². The third kappa shape index (κ3) is 3.61. The molecule has 2 rings (SSSR count). The number of amides is 1. The van der Waals surface area contributed by atoms with Gasteiger partial charge in [0.25, 0.3) is 5.91 Å². The van der Waals surface area contributed by atoms with Crippen LogP contribution >= 0.6 is 15.9 Å². The van der Waals surface area contributed by atoms with Crippen LogP contribution in [0.1, 0.15) is 27.3 Å². The molecule has 0 aliphatic rings. The number of hydrogen-bond donors (Lipinski definition) is 1. The summed E-state index contributed by atoms with van der Waals surface area (Å²) in [7, 11) is 0. The van der Waals surface area contributed by atoms with Crippen LogP contribution in [0.2, 0.25) is 0 Å². The van der Waals surface area contributed by atoms with Crippen LogP contribution in [0.4, 0.5) is 0 Å². The molecule has 4 nitrogen and oxygen atoms in total. The quantitative estimate of drug-likeness (QED) is 0.844. The van der Waals surface area contributed by atoms with Gasteiger partial charge in [0.2, 0.25) is 0 Å². The van der Waals surface area contributed by atoms with Gasteiger partial charge in [-0.15, -0.1) is 6.58 Å². The number of aromatic nitrogens is 2. The molecule has 1 aromatic heterocycles. The van der Waals surface area contributed by atoms with Crippen molar-refractivity contribution in [2.24, 2.45) is 0 Å². The van der Waals surface area contributed by atoms with Crippen molar-refractivity contribution in [3.63, 3.8) is 0 Å². The van der Waals surface area contributed by atoms with E-state index in [9.17, 15) is 4.79 Å². The van der Waals surface area contributed by atoms with E-state index in [1.807, 2.05) is 36.7 Å². The molecule has 2 aromatic rings. The Balaban J connectivity index is 2.19. The van der Waals surface area contributed by atoms with E-state index in [1.54, 1.807) is 12.1 Å². The van der Waals surface area contributed by atoms with Crippen molar-refractivity contribution in [1.29, 1.82) is 0 Å². The highest BCUT2D eigenvalue weighted by Crippen LogP contribution is 2.20. The average Bonchev–Trinajstić information content (AvgIpc) is 2.72. The van der Waals surface area contributed by atoms with E-state index in [1.165, 1.54) is 0 Å². The van der Waals surface area contributed by atoms with Crippen molar-refractivity contribution in [2.45, 2.75) is 20.4 Å². The molecule has 1 aromatic carbocycles. The first kappa shape index (κ1) is 15.5. The zero-order chi connectivity index (χ0) is 15.4. The van der Waals surface area contributed by atoms with E-state index in [-0.39, 0.29) is 5.91 Å². The van der Waals surface area contributed by atoms with E-state index >= 15 is 0 Å². The number of nitrogens with zero attached hydrogens (tertiary/aromatic N) is 2. The van der Waals surface area contributed by atoms with Crippen molar-refractivity contribution in [3.05, 3.63) is 63.9 Å². The maximum absolute atomic E-state index is 11.9. The fourth-order valence-electron chi connectivity index (χ4n) is 2.08. The topological polar surface area (TPSA) is 46.9 Å². The molecule has 0 bridgehead atoms. The predicted molar refractivity (Wildman–Crippen MR) is 87.5 cm³/mol. The first-order valence-corrected chi connectivity index (χ1v) is 7.49. The van der Waals surface area contributed by atoms with Gasteiger partial charge in [-0.1, -0.05) is 18.2 Å². The lowest BCUT2D eigenvalue weighted by molar-refractivity contribution is 0.0958. The normalized spacial score (nSPS) is 10.4. The predicted octanol–water partition coefficient (Wildman–Crippen LogP) is 3.23. The molecule has 0 radical (unpaired) electrons. The minimum atomic E-state index is -0.0914. The van der Waals surface area contributed by atoms with Crippen LogP contribution in [-0.4, -0.2) is 22.2 Å². The molecule has 0 fully saturated rings. The summed E-state index contributed by atoms with van der Waals surface area (Å²) in [5.74, 6) is -0.0914. The third-order valence-corrected chi connectivity index (χ3v) is 4.37. The molecule has 1 N–H and O–H groups in total. The van der Waals surface area contributed by atoms with Gasteiger partial charge in [0.15, 0.2) is 0 Å². The maximum Gasteiger partial charge on any atom is 0.251 e. The molecule has 110 valence electrons. The van der Waals surface area contributed by atoms with E-state index < -0.39 is 0 Å². The second-order valence-corrected chi connectivity index (χ2v) is 5.63. The second kappa shape index (κ2) is 6.72. The third-order valence-electron chi connectivity index (χ3n) is 3.22. The molecule has 0 atom stereocenters. The molecule has 0 unspecified atom stereocenters. The number of nitrogens with one attached hydrogen (secondary N) is 1. The number of aryl methyl sites for hydroxylation is 1. The van der Waals surface area contributed by atoms with Crippen LogP contribution < -0.4 is 5.32 Å². The SMILES string of the molecule is C=CCNC(=O)c1cccc(Cn2nc(C)c(Br)c2C)c1. The highest BCUT2D eigenvalue weighted by atomic mass is 79.9. The summed E-state index contributed by atoms with van der Waals surface area (Å²) >= 11 is 3.52. The minimum Gasteiger partial charge on any atom is -0.349 e. The second-order valence-electron chi connectivity index (χ2n) is 4.84. The molecule has 0 aliphatic carbocycles. The van der Waals surface area contributed by atoms with Gasteiger partial charge in [-0.05, 0) is 47.5 Å². The van der Waals surface area contributed by atoms with Crippen molar-refractivity contribution >= 4 is 21.8 Å². The molecule has 0 saturated carbocycles. The Kier molecular flexibility index (Phi) is 4.96. The van der Waals surface area contributed by atoms with Crippen molar-refractivity contribution in [3.8, 4) is 0 Å². The van der Waals surface area contributed by atoms with E-state index in [0.717, 1.165) is 21.4 Å². The van der Waals surface area contributed by atoms with Crippen molar-refractivity contribution in [2.75, 3.05) is 6.54 Å². The highest BCUT2D eigenvalue weighted by Gasteiger charge is 2.10. The summed E-state index contributed by atoms with van der Waals surface area (Å²) in [4.78, 5) is 11.9. The molecule has 0 aliphatic heterocycles. The van der Waals surface area contributed by atoms with E-state index in [2.05, 4.69) is 32.9 Å². The molecule has 5 heteroatoms. The number of carbonyl (C=O) groups excluding carboxylic acids is 1. The minimum absolute atomic E-state index is 0.0914. The van der Waals surface area contributed by atoms with Gasteiger partial charge in [-0.25, -0.2) is 0 Å². The molecule has 1 heterocycles. The van der Waals surface area contributed by atoms with Crippen LogP contribution in [0.15, 0.2) is 41.4 Å². The van der Waals surface area contributed by atoms with Gasteiger partial charge >= 0.3 is 0 Å². The van der Waals surface area contributed by atoms with Gasteiger partial charge < -0.3 is 5.32 Å². The molecule has 1 amide bonds. The van der Waals surface area contributed by atoms with Gasteiger partial charge in [0.05, 0.1) is 22.4 Å². The Bertz CT molecular complexity index is 676. The standard InChI is InChI=1S/C16H18BrN3O/c1-4-8-18-16(21)14-7-5-6-13(9-14)10-20-12(3)15(17)11(2)19-20/h4-7,9H,1,8,10H2,2-3H3,(H,18,21). The number of benzene rings is 1. The van der Waals surface area contributed by atoms with Gasteiger partial charge in [-0.2, -0.15) is 5.10 Å². The molecule has 0 spiro atoms. The number of carbonyl (C=O) groups is 1. The van der Waals surface area contributed by atoms with E-state index in [0.29, 0.717) is 18.7 Å². The Labute approximate surface area is 133 Å². The Morgan fingerprint density at radius 2 is 2.24 bits per heavy atom. The van der Waals surface area contributed by atoms with Gasteiger partial charge in [0.1, 0.15) is 0 Å². The Hall–Kier alpha value is -1.88. The Morgan fingerprint density at radius 3 is 2.86 bits per heavy atom. The fourth-order valence-corrected chi connectivity index (χ4v) is 2.36. The summed E-state index contributed by atoms with van der Waals surface area (Å²) < 4.78 is 2.96. The zero-order valence-electron chi connectivity index (χ0n) is 12.2. The zero-order valence-corrected chi connectivity index (χ0v) is 13.8. The first-order valence-electron chi connectivity index (χ1n) is 6.70. The summed E-state index contributed by atoms with van der Waals surface area (Å²) in [5.41, 5.74) is 3.73. The maximum atomic E-state index is 11.9. The number of rotatable bonds is 5. The summed E-state index contributed by atoms with van der Waals surface area (Å²) in [5, 5.41) is 7.26. The smallest absolute Gasteiger partial charge is 0.251 e. The molecular formula is C16H18BrN3O. The fraction of sp³-hybridized carbons (Fsp3) is 0.250. The van der Waals surface area contributed by atoms with E-state index in [4.69, 9.17) is 0 Å². The summed E-state index contributed by atoms with van der Waals surface area (Å²) in [6.07, 6.45) is 1.66. The monoisotopic (exact) mass is 347 g/mol. The number of halogens is 1. The molecule has 0 saturated heterocycles.